The lowest BCUT2D eigenvalue weighted by molar-refractivity contribution is 0.0779. The smallest absolute Gasteiger partial charge is 0.260 e. The molecule has 0 radical (unpaired) electrons. The van der Waals surface area contributed by atoms with Gasteiger partial charge in [-0.15, -0.1) is 13.2 Å². The molecule has 0 aliphatic rings. The maximum Gasteiger partial charge on any atom is 0.260 e. The van der Waals surface area contributed by atoms with E-state index in [2.05, 4.69) is 18.3 Å². The lowest BCUT2D eigenvalue weighted by atomic mass is 10.0. The van der Waals surface area contributed by atoms with Crippen LogP contribution in [0.3, 0.4) is 0 Å². The summed E-state index contributed by atoms with van der Waals surface area (Å²) in [5.74, 6) is -0.118. The van der Waals surface area contributed by atoms with E-state index < -0.39 is 6.10 Å². The molecule has 0 aliphatic carbocycles. The van der Waals surface area contributed by atoms with E-state index in [0.717, 1.165) is 5.56 Å². The molecule has 0 saturated heterocycles. The van der Waals surface area contributed by atoms with E-state index in [-0.39, 0.29) is 17.2 Å². The van der Waals surface area contributed by atoms with Crippen molar-refractivity contribution in [3.8, 4) is 11.3 Å². The number of nitrogens with zero attached hydrogens (tertiary/aromatic N) is 2. The Bertz CT molecular complexity index is 680. The summed E-state index contributed by atoms with van der Waals surface area (Å²) in [5.41, 5.74) is 1.45. The Balaban J connectivity index is 2.54. The summed E-state index contributed by atoms with van der Waals surface area (Å²) < 4.78 is 5.24. The Labute approximate surface area is 135 Å². The molecule has 1 aromatic heterocycles. The van der Waals surface area contributed by atoms with E-state index in [1.165, 1.54) is 6.92 Å². The molecule has 1 heterocycles. The Hall–Kier alpha value is -2.66. The largest absolute Gasteiger partial charge is 0.385 e. The Kier molecular flexibility index (Phi) is 5.49. The second kappa shape index (κ2) is 7.56. The molecule has 0 aliphatic heterocycles. The average molecular weight is 312 g/mol. The van der Waals surface area contributed by atoms with Gasteiger partial charge in [0, 0.05) is 18.7 Å². The van der Waals surface area contributed by atoms with Gasteiger partial charge in [-0.2, -0.15) is 0 Å². The number of carbonyl (C=O) groups is 1. The highest BCUT2D eigenvalue weighted by molar-refractivity contribution is 6.01. The molecule has 23 heavy (non-hydrogen) atoms. The summed E-state index contributed by atoms with van der Waals surface area (Å²) >= 11 is 0. The maximum atomic E-state index is 12.9. The fourth-order valence-electron chi connectivity index (χ4n) is 2.30. The molecule has 2 rings (SSSR count). The SMILES string of the molecule is C=CCN(CC=C)C(=O)c1c(-c2ccccc2)noc1[C@H](C)O. The predicted molar refractivity (Wildman–Crippen MR) is 88.9 cm³/mol. The van der Waals surface area contributed by atoms with Crippen molar-refractivity contribution in [1.82, 2.24) is 10.1 Å². The molecule has 0 bridgehead atoms. The summed E-state index contributed by atoms with van der Waals surface area (Å²) in [6.07, 6.45) is 2.34. The van der Waals surface area contributed by atoms with Crippen LogP contribution in [0.4, 0.5) is 0 Å². The van der Waals surface area contributed by atoms with Crippen LogP contribution in [0, 0.1) is 0 Å². The van der Waals surface area contributed by atoms with Crippen molar-refractivity contribution >= 4 is 5.91 Å². The van der Waals surface area contributed by atoms with E-state index in [0.29, 0.717) is 18.8 Å². The molecule has 120 valence electrons. The number of carbonyl (C=O) groups excluding carboxylic acids is 1. The number of hydrogen-bond acceptors (Lipinski definition) is 4. The van der Waals surface area contributed by atoms with Crippen LogP contribution in [0.25, 0.3) is 11.3 Å². The minimum atomic E-state index is -0.937. The number of aliphatic hydroxyl groups is 1. The van der Waals surface area contributed by atoms with Crippen LogP contribution in [-0.4, -0.2) is 34.2 Å². The first kappa shape index (κ1) is 16.7. The first-order chi connectivity index (χ1) is 11.1. The quantitative estimate of drug-likeness (QED) is 0.797. The van der Waals surface area contributed by atoms with E-state index in [4.69, 9.17) is 4.52 Å². The summed E-state index contributed by atoms with van der Waals surface area (Å²) in [7, 11) is 0. The van der Waals surface area contributed by atoms with E-state index in [9.17, 15) is 9.90 Å². The first-order valence-corrected chi connectivity index (χ1v) is 7.34. The fraction of sp³-hybridized carbons (Fsp3) is 0.222. The molecule has 2 aromatic rings. The van der Waals surface area contributed by atoms with E-state index in [1.807, 2.05) is 30.3 Å². The van der Waals surface area contributed by atoms with E-state index in [1.54, 1.807) is 17.1 Å². The van der Waals surface area contributed by atoms with Crippen LogP contribution >= 0.6 is 0 Å². The number of rotatable bonds is 7. The van der Waals surface area contributed by atoms with Crippen molar-refractivity contribution in [3.05, 3.63) is 67.0 Å². The minimum absolute atomic E-state index is 0.159. The number of aromatic nitrogens is 1. The van der Waals surface area contributed by atoms with Crippen LogP contribution in [0.5, 0.6) is 0 Å². The normalized spacial score (nSPS) is 11.7. The van der Waals surface area contributed by atoms with E-state index >= 15 is 0 Å². The molecular weight excluding hydrogens is 292 g/mol. The average Bonchev–Trinajstić information content (AvgIpc) is 3.00. The fourth-order valence-corrected chi connectivity index (χ4v) is 2.30. The third-order valence-electron chi connectivity index (χ3n) is 3.35. The van der Waals surface area contributed by atoms with Crippen molar-refractivity contribution < 1.29 is 14.4 Å². The monoisotopic (exact) mass is 312 g/mol. The minimum Gasteiger partial charge on any atom is -0.385 e. The van der Waals surface area contributed by atoms with Gasteiger partial charge in [0.15, 0.2) is 5.76 Å². The number of benzene rings is 1. The van der Waals surface area contributed by atoms with Crippen molar-refractivity contribution in [1.29, 1.82) is 0 Å². The van der Waals surface area contributed by atoms with Crippen molar-refractivity contribution in [3.63, 3.8) is 0 Å². The standard InChI is InChI=1S/C18H20N2O3/c1-4-11-20(12-5-2)18(22)15-16(14-9-7-6-8-10-14)19-23-17(15)13(3)21/h4-10,13,21H,1-2,11-12H2,3H3/t13-/m0/s1. The molecule has 0 saturated carbocycles. The van der Waals surface area contributed by atoms with Gasteiger partial charge in [0.2, 0.25) is 0 Å². The van der Waals surface area contributed by atoms with Gasteiger partial charge >= 0.3 is 0 Å². The molecule has 1 amide bonds. The summed E-state index contributed by atoms with van der Waals surface area (Å²) in [6.45, 7) is 9.60. The zero-order chi connectivity index (χ0) is 16.8. The lowest BCUT2D eigenvalue weighted by Gasteiger charge is -2.19. The zero-order valence-corrected chi connectivity index (χ0v) is 13.1. The summed E-state index contributed by atoms with van der Waals surface area (Å²) in [6, 6.07) is 9.26. The van der Waals surface area contributed by atoms with Crippen LogP contribution in [0.2, 0.25) is 0 Å². The zero-order valence-electron chi connectivity index (χ0n) is 13.1. The predicted octanol–water partition coefficient (Wildman–Crippen LogP) is 3.21. The Morgan fingerprint density at radius 3 is 2.43 bits per heavy atom. The van der Waals surface area contributed by atoms with Gasteiger partial charge in [0.25, 0.3) is 5.91 Å². The van der Waals surface area contributed by atoms with Gasteiger partial charge < -0.3 is 14.5 Å². The second-order valence-corrected chi connectivity index (χ2v) is 5.10. The van der Waals surface area contributed by atoms with Crippen LogP contribution < -0.4 is 0 Å². The molecule has 1 aromatic carbocycles. The molecule has 5 nitrogen and oxygen atoms in total. The van der Waals surface area contributed by atoms with Gasteiger partial charge in [-0.05, 0) is 6.92 Å². The molecule has 0 fully saturated rings. The molecule has 0 spiro atoms. The van der Waals surface area contributed by atoms with Gasteiger partial charge in [-0.1, -0.05) is 47.6 Å². The number of amides is 1. The molecule has 5 heteroatoms. The third kappa shape index (κ3) is 3.57. The topological polar surface area (TPSA) is 66.6 Å². The molecule has 0 unspecified atom stereocenters. The highest BCUT2D eigenvalue weighted by atomic mass is 16.5. The van der Waals surface area contributed by atoms with Crippen LogP contribution in [0.15, 0.2) is 60.2 Å². The highest BCUT2D eigenvalue weighted by Crippen LogP contribution is 2.30. The van der Waals surface area contributed by atoms with Gasteiger partial charge in [-0.3, -0.25) is 4.79 Å². The first-order valence-electron chi connectivity index (χ1n) is 7.34. The number of hydrogen-bond donors (Lipinski definition) is 1. The lowest BCUT2D eigenvalue weighted by Crippen LogP contribution is -2.32. The van der Waals surface area contributed by atoms with Crippen molar-refractivity contribution in [2.24, 2.45) is 0 Å². The molecule has 1 N–H and O–H groups in total. The Morgan fingerprint density at radius 1 is 1.30 bits per heavy atom. The molecular formula is C18H20N2O3. The summed E-state index contributed by atoms with van der Waals surface area (Å²) in [5, 5.41) is 13.9. The van der Waals surface area contributed by atoms with Gasteiger partial charge in [-0.25, -0.2) is 0 Å². The molecule has 1 atom stereocenters. The van der Waals surface area contributed by atoms with Gasteiger partial charge in [0.1, 0.15) is 17.4 Å². The third-order valence-corrected chi connectivity index (χ3v) is 3.35. The number of aliphatic hydroxyl groups excluding tert-OH is 1. The highest BCUT2D eigenvalue weighted by Gasteiger charge is 2.29. The van der Waals surface area contributed by atoms with Crippen molar-refractivity contribution in [2.75, 3.05) is 13.1 Å². The maximum absolute atomic E-state index is 12.9. The van der Waals surface area contributed by atoms with Gasteiger partial charge in [0.05, 0.1) is 0 Å². The summed E-state index contributed by atoms with van der Waals surface area (Å²) in [4.78, 5) is 14.5. The Morgan fingerprint density at radius 2 is 1.91 bits per heavy atom. The second-order valence-electron chi connectivity index (χ2n) is 5.10. The van der Waals surface area contributed by atoms with Crippen molar-refractivity contribution in [2.45, 2.75) is 13.0 Å². The van der Waals surface area contributed by atoms with Crippen LogP contribution in [-0.2, 0) is 0 Å². The van der Waals surface area contributed by atoms with Crippen LogP contribution in [0.1, 0.15) is 29.1 Å².